The SMILES string of the molecule is COC(=O)C1C2c3ccccc3OC1(C)N=c1s/c(=C/C3CNNC3c3ccccc3)c(=O)n12. The molecule has 0 aliphatic carbocycles. The molecule has 1 aromatic heterocycles. The minimum Gasteiger partial charge on any atom is -0.469 e. The Morgan fingerprint density at radius 3 is 2.79 bits per heavy atom. The van der Waals surface area contributed by atoms with Crippen LogP contribution < -0.4 is 30.5 Å². The van der Waals surface area contributed by atoms with E-state index in [1.165, 1.54) is 18.4 Å². The van der Waals surface area contributed by atoms with Crippen LogP contribution in [0.2, 0.25) is 0 Å². The minimum absolute atomic E-state index is 0.0466. The number of rotatable bonds is 3. The van der Waals surface area contributed by atoms with Crippen molar-refractivity contribution in [3.05, 3.63) is 85.4 Å². The summed E-state index contributed by atoms with van der Waals surface area (Å²) in [6.07, 6.45) is 2.02. The standard InChI is InChI=1S/C25H24N4O4S/c1-25-19(23(31)32-2)21(16-10-6-7-11-17(16)33-25)29-22(30)18(34-24(29)27-25)12-15-13-26-28-20(15)14-8-4-3-5-9-14/h3-12,15,19-21,26,28H,13H2,1-2H3/b18-12+. The van der Waals surface area contributed by atoms with Crippen molar-refractivity contribution in [2.45, 2.75) is 24.7 Å². The molecule has 6 rings (SSSR count). The number of fused-ring (bicyclic) bond motifs is 6. The number of thiazole rings is 1. The maximum atomic E-state index is 13.8. The van der Waals surface area contributed by atoms with Crippen LogP contribution in [0.25, 0.3) is 6.08 Å². The molecule has 0 amide bonds. The highest BCUT2D eigenvalue weighted by Crippen LogP contribution is 2.47. The molecule has 3 aliphatic heterocycles. The van der Waals surface area contributed by atoms with Gasteiger partial charge in [-0.3, -0.25) is 19.6 Å². The number of carbonyl (C=O) groups excluding carboxylic acids is 1. The van der Waals surface area contributed by atoms with Crippen molar-refractivity contribution in [1.29, 1.82) is 0 Å². The van der Waals surface area contributed by atoms with Crippen LogP contribution in [0.15, 0.2) is 64.4 Å². The number of hydrogen-bond acceptors (Lipinski definition) is 8. The van der Waals surface area contributed by atoms with E-state index in [9.17, 15) is 9.59 Å². The number of esters is 1. The molecule has 174 valence electrons. The molecule has 0 spiro atoms. The van der Waals surface area contributed by atoms with Crippen LogP contribution in [0.1, 0.15) is 30.1 Å². The van der Waals surface area contributed by atoms with Gasteiger partial charge in [0.05, 0.1) is 23.7 Å². The largest absolute Gasteiger partial charge is 0.469 e. The fraction of sp³-hybridized carbons (Fsp3) is 0.320. The average Bonchev–Trinajstić information content (AvgIpc) is 3.42. The smallest absolute Gasteiger partial charge is 0.317 e. The Morgan fingerprint density at radius 1 is 1.24 bits per heavy atom. The molecule has 5 atom stereocenters. The van der Waals surface area contributed by atoms with Gasteiger partial charge in [0.25, 0.3) is 5.56 Å². The first kappa shape index (κ1) is 21.3. The molecule has 9 heteroatoms. The van der Waals surface area contributed by atoms with Crippen LogP contribution in [0.4, 0.5) is 0 Å². The molecule has 2 aromatic carbocycles. The van der Waals surface area contributed by atoms with Crippen molar-refractivity contribution >= 4 is 23.4 Å². The number of nitrogens with zero attached hydrogens (tertiary/aromatic N) is 2. The minimum atomic E-state index is -1.16. The number of carbonyl (C=O) groups is 1. The number of benzene rings is 2. The molecule has 3 aliphatic rings. The van der Waals surface area contributed by atoms with E-state index < -0.39 is 23.7 Å². The molecule has 5 unspecified atom stereocenters. The first-order valence-corrected chi connectivity index (χ1v) is 12.0. The van der Waals surface area contributed by atoms with Gasteiger partial charge in [0.2, 0.25) is 5.72 Å². The molecular weight excluding hydrogens is 452 g/mol. The molecule has 1 saturated heterocycles. The molecule has 3 aromatic rings. The summed E-state index contributed by atoms with van der Waals surface area (Å²) in [7, 11) is 1.35. The molecule has 1 fully saturated rings. The van der Waals surface area contributed by atoms with E-state index >= 15 is 0 Å². The van der Waals surface area contributed by atoms with E-state index in [2.05, 4.69) is 23.0 Å². The highest BCUT2D eigenvalue weighted by Gasteiger charge is 2.55. The van der Waals surface area contributed by atoms with Crippen LogP contribution in [0.3, 0.4) is 0 Å². The summed E-state index contributed by atoms with van der Waals surface area (Å²) in [5.74, 6) is -0.521. The maximum Gasteiger partial charge on any atom is 0.317 e. The lowest BCUT2D eigenvalue weighted by molar-refractivity contribution is -0.158. The zero-order chi connectivity index (χ0) is 23.4. The summed E-state index contributed by atoms with van der Waals surface area (Å²) in [5, 5.41) is 0. The van der Waals surface area contributed by atoms with E-state index in [-0.39, 0.29) is 17.5 Å². The summed E-state index contributed by atoms with van der Waals surface area (Å²) in [6.45, 7) is 2.48. The average molecular weight is 477 g/mol. The Morgan fingerprint density at radius 2 is 2.00 bits per heavy atom. The third-order valence-corrected chi connectivity index (χ3v) is 7.88. The fourth-order valence-electron chi connectivity index (χ4n) is 5.30. The van der Waals surface area contributed by atoms with Gasteiger partial charge in [-0.1, -0.05) is 65.9 Å². The second kappa shape index (κ2) is 7.90. The van der Waals surface area contributed by atoms with Gasteiger partial charge in [0.1, 0.15) is 11.7 Å². The van der Waals surface area contributed by atoms with E-state index in [4.69, 9.17) is 14.5 Å². The zero-order valence-electron chi connectivity index (χ0n) is 18.7. The molecule has 4 heterocycles. The normalized spacial score (nSPS) is 29.5. The number of aromatic nitrogens is 1. The van der Waals surface area contributed by atoms with Crippen molar-refractivity contribution in [1.82, 2.24) is 15.4 Å². The van der Waals surface area contributed by atoms with Gasteiger partial charge >= 0.3 is 5.97 Å². The van der Waals surface area contributed by atoms with Crippen molar-refractivity contribution in [2.24, 2.45) is 16.8 Å². The number of ether oxygens (including phenoxy) is 2. The van der Waals surface area contributed by atoms with Crippen molar-refractivity contribution in [3.8, 4) is 5.75 Å². The summed E-state index contributed by atoms with van der Waals surface area (Å²) >= 11 is 1.34. The molecule has 0 radical (unpaired) electrons. The van der Waals surface area contributed by atoms with E-state index in [0.717, 1.165) is 11.1 Å². The number of hydrazine groups is 1. The highest BCUT2D eigenvalue weighted by atomic mass is 32.1. The lowest BCUT2D eigenvalue weighted by Crippen LogP contribution is -2.58. The summed E-state index contributed by atoms with van der Waals surface area (Å²) in [6, 6.07) is 17.2. The van der Waals surface area contributed by atoms with Gasteiger partial charge < -0.3 is 9.47 Å². The quantitative estimate of drug-likeness (QED) is 0.553. The van der Waals surface area contributed by atoms with Crippen LogP contribution in [-0.4, -0.2) is 29.9 Å². The Kier molecular flexibility index (Phi) is 4.94. The lowest BCUT2D eigenvalue weighted by Gasteiger charge is -2.44. The highest BCUT2D eigenvalue weighted by molar-refractivity contribution is 7.07. The van der Waals surface area contributed by atoms with Gasteiger partial charge in [-0.05, 0) is 18.6 Å². The van der Waals surface area contributed by atoms with Gasteiger partial charge in [-0.25, -0.2) is 10.4 Å². The molecule has 2 N–H and O–H groups in total. The van der Waals surface area contributed by atoms with Crippen molar-refractivity contribution in [2.75, 3.05) is 13.7 Å². The second-order valence-corrected chi connectivity index (χ2v) is 9.93. The first-order valence-electron chi connectivity index (χ1n) is 11.2. The fourth-order valence-corrected chi connectivity index (χ4v) is 6.44. The number of para-hydroxylation sites is 1. The van der Waals surface area contributed by atoms with E-state index in [1.54, 1.807) is 11.5 Å². The van der Waals surface area contributed by atoms with Gasteiger partial charge in [-0.2, -0.15) is 0 Å². The zero-order valence-corrected chi connectivity index (χ0v) is 19.5. The lowest BCUT2D eigenvalue weighted by atomic mass is 9.81. The molecular formula is C25H24N4O4S. The molecule has 2 bridgehead atoms. The number of nitrogens with one attached hydrogen (secondary N) is 2. The maximum absolute atomic E-state index is 13.8. The number of hydrogen-bond donors (Lipinski definition) is 2. The third-order valence-electron chi connectivity index (χ3n) is 6.88. The molecule has 8 nitrogen and oxygen atoms in total. The topological polar surface area (TPSA) is 94.0 Å². The van der Waals surface area contributed by atoms with Gasteiger partial charge in [0.15, 0.2) is 4.80 Å². The van der Waals surface area contributed by atoms with Crippen molar-refractivity contribution < 1.29 is 14.3 Å². The first-order chi connectivity index (χ1) is 16.5. The summed E-state index contributed by atoms with van der Waals surface area (Å²) in [4.78, 5) is 32.0. The summed E-state index contributed by atoms with van der Waals surface area (Å²) < 4.78 is 13.6. The van der Waals surface area contributed by atoms with Gasteiger partial charge in [0, 0.05) is 18.0 Å². The summed E-state index contributed by atoms with van der Waals surface area (Å²) in [5.41, 5.74) is 7.15. The Labute approximate surface area is 199 Å². The Balaban J connectivity index is 1.52. The molecule has 0 saturated carbocycles. The van der Waals surface area contributed by atoms with Crippen LogP contribution in [-0.2, 0) is 9.53 Å². The second-order valence-electron chi connectivity index (χ2n) is 8.92. The van der Waals surface area contributed by atoms with Crippen molar-refractivity contribution in [3.63, 3.8) is 0 Å². The monoisotopic (exact) mass is 476 g/mol. The van der Waals surface area contributed by atoms with Crippen LogP contribution >= 0.6 is 11.3 Å². The molecule has 34 heavy (non-hydrogen) atoms. The van der Waals surface area contributed by atoms with Gasteiger partial charge in [-0.15, -0.1) is 0 Å². The van der Waals surface area contributed by atoms with E-state index in [0.29, 0.717) is 21.6 Å². The predicted octanol–water partition coefficient (Wildman–Crippen LogP) is 1.28. The Hall–Kier alpha value is -3.27. The Bertz CT molecular complexity index is 1450. The van der Waals surface area contributed by atoms with E-state index in [1.807, 2.05) is 48.5 Å². The van der Waals surface area contributed by atoms with Crippen LogP contribution in [0, 0.1) is 11.8 Å². The number of methoxy groups -OCH3 is 1. The predicted molar refractivity (Wildman–Crippen MR) is 127 cm³/mol. The third kappa shape index (κ3) is 3.15. The van der Waals surface area contributed by atoms with Crippen LogP contribution in [0.5, 0.6) is 5.75 Å².